The summed E-state index contributed by atoms with van der Waals surface area (Å²) < 4.78 is 5.62. The highest BCUT2D eigenvalue weighted by Crippen LogP contribution is 2.58. The molecule has 0 amide bonds. The maximum Gasteiger partial charge on any atom is 0.0471 e. The van der Waals surface area contributed by atoms with Crippen LogP contribution in [0.4, 0.5) is 0 Å². The third-order valence-electron chi connectivity index (χ3n) is 4.46. The maximum atomic E-state index is 6.22. The molecule has 0 aromatic rings. The van der Waals surface area contributed by atoms with Crippen LogP contribution in [-0.2, 0) is 4.74 Å². The van der Waals surface area contributed by atoms with E-state index in [1.807, 2.05) is 0 Å². The predicted molar refractivity (Wildman–Crippen MR) is 64.3 cm³/mol. The van der Waals surface area contributed by atoms with Gasteiger partial charge in [-0.1, -0.05) is 13.3 Å². The molecule has 0 aromatic heterocycles. The first-order valence-corrected chi connectivity index (χ1v) is 6.98. The standard InChI is InChI=1S/C13H23ClO/c1-2-6-15-7-5-13(10-14)9-11-3-4-12(13)8-11/h11-12H,2-10H2,1H3. The van der Waals surface area contributed by atoms with E-state index in [9.17, 15) is 0 Å². The molecule has 0 radical (unpaired) electrons. The van der Waals surface area contributed by atoms with Gasteiger partial charge in [-0.05, 0) is 49.4 Å². The fourth-order valence-corrected chi connectivity index (χ4v) is 4.08. The Kier molecular flexibility index (Phi) is 3.95. The lowest BCUT2D eigenvalue weighted by atomic mass is 9.72. The van der Waals surface area contributed by atoms with Crippen LogP contribution in [0.5, 0.6) is 0 Å². The second-order valence-electron chi connectivity index (χ2n) is 5.44. The van der Waals surface area contributed by atoms with Crippen molar-refractivity contribution in [2.24, 2.45) is 17.3 Å². The minimum atomic E-state index is 0.443. The number of ether oxygens (including phenoxy) is 1. The van der Waals surface area contributed by atoms with Crippen molar-refractivity contribution in [3.05, 3.63) is 0 Å². The van der Waals surface area contributed by atoms with Gasteiger partial charge in [0.15, 0.2) is 0 Å². The Morgan fingerprint density at radius 3 is 2.73 bits per heavy atom. The first-order valence-electron chi connectivity index (χ1n) is 6.44. The van der Waals surface area contributed by atoms with Crippen LogP contribution < -0.4 is 0 Å². The van der Waals surface area contributed by atoms with Crippen LogP contribution >= 0.6 is 11.6 Å². The summed E-state index contributed by atoms with van der Waals surface area (Å²) in [4.78, 5) is 0. The van der Waals surface area contributed by atoms with Crippen LogP contribution in [0.1, 0.15) is 45.4 Å². The summed E-state index contributed by atoms with van der Waals surface area (Å²) in [5.74, 6) is 2.74. The first kappa shape index (κ1) is 11.7. The van der Waals surface area contributed by atoms with Gasteiger partial charge in [0, 0.05) is 19.1 Å². The van der Waals surface area contributed by atoms with Crippen molar-refractivity contribution in [1.82, 2.24) is 0 Å². The van der Waals surface area contributed by atoms with E-state index in [1.165, 1.54) is 32.1 Å². The number of halogens is 1. The fraction of sp³-hybridized carbons (Fsp3) is 1.00. The maximum absolute atomic E-state index is 6.22. The van der Waals surface area contributed by atoms with Crippen molar-refractivity contribution >= 4 is 11.6 Å². The zero-order chi connectivity index (χ0) is 10.7. The quantitative estimate of drug-likeness (QED) is 0.498. The summed E-state index contributed by atoms with van der Waals surface area (Å²) in [6, 6.07) is 0. The summed E-state index contributed by atoms with van der Waals surface area (Å²) in [7, 11) is 0. The molecule has 1 nitrogen and oxygen atoms in total. The molecule has 0 spiro atoms. The molecule has 3 atom stereocenters. The molecule has 0 heterocycles. The molecule has 2 fully saturated rings. The molecular weight excluding hydrogens is 208 g/mol. The summed E-state index contributed by atoms with van der Waals surface area (Å²) >= 11 is 6.22. The van der Waals surface area contributed by atoms with Crippen molar-refractivity contribution in [2.75, 3.05) is 19.1 Å². The average molecular weight is 231 g/mol. The Morgan fingerprint density at radius 2 is 2.20 bits per heavy atom. The van der Waals surface area contributed by atoms with E-state index in [0.29, 0.717) is 5.41 Å². The highest BCUT2D eigenvalue weighted by Gasteiger charge is 2.49. The van der Waals surface area contributed by atoms with E-state index in [2.05, 4.69) is 6.92 Å². The summed E-state index contributed by atoms with van der Waals surface area (Å²) in [5, 5.41) is 0. The summed E-state index contributed by atoms with van der Waals surface area (Å²) in [6.45, 7) is 3.99. The lowest BCUT2D eigenvalue weighted by Crippen LogP contribution is -2.31. The molecular formula is C13H23ClO. The van der Waals surface area contributed by atoms with Crippen LogP contribution in [0, 0.1) is 17.3 Å². The molecule has 2 bridgehead atoms. The van der Waals surface area contributed by atoms with Gasteiger partial charge in [-0.3, -0.25) is 0 Å². The fourth-order valence-electron chi connectivity index (χ4n) is 3.62. The van der Waals surface area contributed by atoms with Crippen molar-refractivity contribution < 1.29 is 4.74 Å². The van der Waals surface area contributed by atoms with Gasteiger partial charge >= 0.3 is 0 Å². The van der Waals surface area contributed by atoms with Gasteiger partial charge in [0.25, 0.3) is 0 Å². The van der Waals surface area contributed by atoms with Crippen LogP contribution in [0.3, 0.4) is 0 Å². The first-order chi connectivity index (χ1) is 7.30. The van der Waals surface area contributed by atoms with Crippen LogP contribution in [0.25, 0.3) is 0 Å². The lowest BCUT2D eigenvalue weighted by molar-refractivity contribution is 0.0760. The molecule has 0 aliphatic heterocycles. The molecule has 0 aromatic carbocycles. The van der Waals surface area contributed by atoms with Crippen molar-refractivity contribution in [2.45, 2.75) is 45.4 Å². The molecule has 0 saturated heterocycles. The second-order valence-corrected chi connectivity index (χ2v) is 5.71. The Morgan fingerprint density at radius 1 is 1.33 bits per heavy atom. The van der Waals surface area contributed by atoms with E-state index in [-0.39, 0.29) is 0 Å². The van der Waals surface area contributed by atoms with E-state index in [1.54, 1.807) is 0 Å². The smallest absolute Gasteiger partial charge is 0.0471 e. The Balaban J connectivity index is 1.81. The summed E-state index contributed by atoms with van der Waals surface area (Å²) in [6.07, 6.45) is 8.01. The van der Waals surface area contributed by atoms with Gasteiger partial charge in [-0.25, -0.2) is 0 Å². The van der Waals surface area contributed by atoms with Crippen molar-refractivity contribution in [3.63, 3.8) is 0 Å². The van der Waals surface area contributed by atoms with Crippen LogP contribution in [-0.4, -0.2) is 19.1 Å². The average Bonchev–Trinajstić information content (AvgIpc) is 2.85. The number of fused-ring (bicyclic) bond motifs is 2. The van der Waals surface area contributed by atoms with Crippen molar-refractivity contribution in [3.8, 4) is 0 Å². The minimum Gasteiger partial charge on any atom is -0.381 e. The van der Waals surface area contributed by atoms with Gasteiger partial charge in [0.05, 0.1) is 0 Å². The SMILES string of the molecule is CCCOCCC1(CCl)CC2CCC1C2. The Bertz CT molecular complexity index is 207. The van der Waals surface area contributed by atoms with E-state index < -0.39 is 0 Å². The normalized spacial score (nSPS) is 38.8. The van der Waals surface area contributed by atoms with Gasteiger partial charge in [0.1, 0.15) is 0 Å². The van der Waals surface area contributed by atoms with E-state index in [0.717, 1.165) is 37.4 Å². The van der Waals surface area contributed by atoms with Crippen LogP contribution in [0.2, 0.25) is 0 Å². The van der Waals surface area contributed by atoms with E-state index >= 15 is 0 Å². The molecule has 0 N–H and O–H groups in total. The molecule has 2 aliphatic rings. The third-order valence-corrected chi connectivity index (χ3v) is 4.99. The molecule has 88 valence electrons. The molecule has 2 rings (SSSR count). The highest BCUT2D eigenvalue weighted by atomic mass is 35.5. The van der Waals surface area contributed by atoms with Gasteiger partial charge < -0.3 is 4.74 Å². The summed E-state index contributed by atoms with van der Waals surface area (Å²) in [5.41, 5.74) is 0.443. The zero-order valence-electron chi connectivity index (χ0n) is 9.80. The largest absolute Gasteiger partial charge is 0.381 e. The number of hydrogen-bond acceptors (Lipinski definition) is 1. The Hall–Kier alpha value is 0.250. The van der Waals surface area contributed by atoms with E-state index in [4.69, 9.17) is 16.3 Å². The van der Waals surface area contributed by atoms with Gasteiger partial charge in [-0.2, -0.15) is 0 Å². The van der Waals surface area contributed by atoms with Crippen molar-refractivity contribution in [1.29, 1.82) is 0 Å². The van der Waals surface area contributed by atoms with Gasteiger partial charge in [0.2, 0.25) is 0 Å². The monoisotopic (exact) mass is 230 g/mol. The number of rotatable bonds is 6. The second kappa shape index (κ2) is 5.05. The van der Waals surface area contributed by atoms with Crippen LogP contribution in [0.15, 0.2) is 0 Å². The molecule has 2 saturated carbocycles. The van der Waals surface area contributed by atoms with Gasteiger partial charge in [-0.15, -0.1) is 11.6 Å². The third kappa shape index (κ3) is 2.34. The topological polar surface area (TPSA) is 9.23 Å². The zero-order valence-corrected chi connectivity index (χ0v) is 10.6. The Labute approximate surface area is 98.5 Å². The predicted octanol–water partition coefficient (Wildman–Crippen LogP) is 3.85. The molecule has 3 unspecified atom stereocenters. The highest BCUT2D eigenvalue weighted by molar-refractivity contribution is 6.18. The number of alkyl halides is 1. The lowest BCUT2D eigenvalue weighted by Gasteiger charge is -2.36. The minimum absolute atomic E-state index is 0.443. The molecule has 2 aliphatic carbocycles. The number of hydrogen-bond donors (Lipinski definition) is 0. The molecule has 15 heavy (non-hydrogen) atoms. The molecule has 2 heteroatoms.